The van der Waals surface area contributed by atoms with E-state index in [0.717, 1.165) is 37.9 Å². The average Bonchev–Trinajstić information content (AvgIpc) is 3.44. The number of fused-ring (bicyclic) bond motifs is 1. The first-order valence-corrected chi connectivity index (χ1v) is 9.98. The standard InChI is InChI=1S/C22H33N5/c1-6-14-7-8-15-16(18(14)27-13-22(12-23)9-10-22)11-21(2,3)17(19(15)25-4)20(24)26-5/h7-8,20,25-27H,6,9-11,13,24H2,1-5H3. The largest absolute Gasteiger partial charge is 0.388 e. The number of likely N-dealkylation sites (N-methyl/N-ethyl adjacent to an activating group) is 1. The molecule has 0 aromatic heterocycles. The molecule has 0 spiro atoms. The second kappa shape index (κ2) is 7.18. The van der Waals surface area contributed by atoms with E-state index >= 15 is 0 Å². The molecule has 0 amide bonds. The summed E-state index contributed by atoms with van der Waals surface area (Å²) in [6.45, 7) is 7.45. The van der Waals surface area contributed by atoms with Crippen molar-refractivity contribution in [3.63, 3.8) is 0 Å². The van der Waals surface area contributed by atoms with Crippen molar-refractivity contribution in [1.29, 1.82) is 5.26 Å². The summed E-state index contributed by atoms with van der Waals surface area (Å²) in [6.07, 6.45) is 3.71. The van der Waals surface area contributed by atoms with Crippen molar-refractivity contribution in [2.45, 2.75) is 52.6 Å². The van der Waals surface area contributed by atoms with Crippen LogP contribution in [0.2, 0.25) is 0 Å². The van der Waals surface area contributed by atoms with Gasteiger partial charge in [0, 0.05) is 30.5 Å². The number of benzene rings is 1. The van der Waals surface area contributed by atoms with Gasteiger partial charge in [-0.2, -0.15) is 5.26 Å². The summed E-state index contributed by atoms with van der Waals surface area (Å²) in [6, 6.07) is 6.93. The van der Waals surface area contributed by atoms with Gasteiger partial charge in [-0.1, -0.05) is 32.9 Å². The molecule has 0 heterocycles. The quantitative estimate of drug-likeness (QED) is 0.557. The van der Waals surface area contributed by atoms with Crippen molar-refractivity contribution >= 4 is 11.4 Å². The lowest BCUT2D eigenvalue weighted by Gasteiger charge is -2.40. The molecular weight excluding hydrogens is 334 g/mol. The number of hydrogen-bond acceptors (Lipinski definition) is 5. The van der Waals surface area contributed by atoms with Gasteiger partial charge in [0.2, 0.25) is 0 Å². The average molecular weight is 368 g/mol. The number of nitrogens with two attached hydrogens (primary N) is 1. The fourth-order valence-corrected chi connectivity index (χ4v) is 4.38. The summed E-state index contributed by atoms with van der Waals surface area (Å²) in [5.74, 6) is 0. The molecule has 1 fully saturated rings. The molecular formula is C22H33N5. The number of aryl methyl sites for hydroxylation is 1. The van der Waals surface area contributed by atoms with Crippen molar-refractivity contribution in [2.75, 3.05) is 26.0 Å². The summed E-state index contributed by atoms with van der Waals surface area (Å²) in [5, 5.41) is 19.8. The van der Waals surface area contributed by atoms with E-state index in [-0.39, 0.29) is 17.0 Å². The Kier molecular flexibility index (Phi) is 5.24. The Morgan fingerprint density at radius 3 is 2.48 bits per heavy atom. The summed E-state index contributed by atoms with van der Waals surface area (Å²) < 4.78 is 0. The molecule has 2 aliphatic carbocycles. The number of anilines is 1. The first kappa shape index (κ1) is 19.7. The zero-order valence-electron chi connectivity index (χ0n) is 17.3. The molecule has 5 N–H and O–H groups in total. The van der Waals surface area contributed by atoms with Crippen molar-refractivity contribution in [1.82, 2.24) is 10.6 Å². The van der Waals surface area contributed by atoms with Crippen LogP contribution in [0.15, 0.2) is 17.7 Å². The predicted octanol–water partition coefficient (Wildman–Crippen LogP) is 2.98. The Bertz CT molecular complexity index is 796. The second-order valence-corrected chi connectivity index (χ2v) is 8.59. The maximum atomic E-state index is 9.46. The van der Waals surface area contributed by atoms with Crippen LogP contribution in [0, 0.1) is 22.2 Å². The molecule has 27 heavy (non-hydrogen) atoms. The highest BCUT2D eigenvalue weighted by atomic mass is 15.0. The minimum Gasteiger partial charge on any atom is -0.388 e. The highest BCUT2D eigenvalue weighted by Crippen LogP contribution is 2.48. The van der Waals surface area contributed by atoms with Gasteiger partial charge in [-0.15, -0.1) is 0 Å². The Morgan fingerprint density at radius 2 is 1.96 bits per heavy atom. The Labute approximate surface area is 163 Å². The van der Waals surface area contributed by atoms with Gasteiger partial charge in [0.15, 0.2) is 0 Å². The maximum absolute atomic E-state index is 9.46. The maximum Gasteiger partial charge on any atom is 0.0795 e. The molecule has 1 saturated carbocycles. The third-order valence-corrected chi connectivity index (χ3v) is 6.23. The molecule has 5 heteroatoms. The van der Waals surface area contributed by atoms with Crippen LogP contribution in [0.5, 0.6) is 0 Å². The predicted molar refractivity (Wildman–Crippen MR) is 112 cm³/mol. The van der Waals surface area contributed by atoms with Gasteiger partial charge in [-0.3, -0.25) is 0 Å². The van der Waals surface area contributed by atoms with Crippen molar-refractivity contribution in [3.8, 4) is 6.07 Å². The molecule has 0 saturated heterocycles. The Balaban J connectivity index is 2.11. The summed E-state index contributed by atoms with van der Waals surface area (Å²) in [4.78, 5) is 0. The minimum atomic E-state index is -0.189. The fourth-order valence-electron chi connectivity index (χ4n) is 4.38. The normalized spacial score (nSPS) is 20.5. The Hall–Kier alpha value is -2.03. The van der Waals surface area contributed by atoms with Crippen molar-refractivity contribution in [3.05, 3.63) is 34.4 Å². The van der Waals surface area contributed by atoms with Gasteiger partial charge < -0.3 is 21.7 Å². The van der Waals surface area contributed by atoms with Gasteiger partial charge in [0.1, 0.15) is 0 Å². The first-order chi connectivity index (χ1) is 12.8. The molecule has 1 aromatic carbocycles. The van der Waals surface area contributed by atoms with Gasteiger partial charge in [-0.05, 0) is 54.8 Å². The number of nitrogens with zero attached hydrogens (tertiary/aromatic N) is 1. The number of hydrogen-bond donors (Lipinski definition) is 4. The topological polar surface area (TPSA) is 85.9 Å². The molecule has 1 aromatic rings. The van der Waals surface area contributed by atoms with Crippen LogP contribution in [0.25, 0.3) is 5.70 Å². The van der Waals surface area contributed by atoms with E-state index in [2.05, 4.69) is 54.9 Å². The van der Waals surface area contributed by atoms with Gasteiger partial charge >= 0.3 is 0 Å². The van der Waals surface area contributed by atoms with Crippen LogP contribution in [0.3, 0.4) is 0 Å². The number of nitriles is 1. The van der Waals surface area contributed by atoms with E-state index in [0.29, 0.717) is 0 Å². The highest BCUT2D eigenvalue weighted by molar-refractivity contribution is 5.79. The van der Waals surface area contributed by atoms with Crippen molar-refractivity contribution < 1.29 is 0 Å². The molecule has 5 nitrogen and oxygen atoms in total. The lowest BCUT2D eigenvalue weighted by atomic mass is 9.69. The zero-order valence-corrected chi connectivity index (χ0v) is 17.3. The highest BCUT2D eigenvalue weighted by Gasteiger charge is 2.43. The van der Waals surface area contributed by atoms with E-state index in [4.69, 9.17) is 5.73 Å². The van der Waals surface area contributed by atoms with Crippen LogP contribution in [0.1, 0.15) is 50.3 Å². The van der Waals surface area contributed by atoms with E-state index in [1.807, 2.05) is 14.1 Å². The van der Waals surface area contributed by atoms with E-state index in [9.17, 15) is 5.26 Å². The van der Waals surface area contributed by atoms with Gasteiger partial charge in [0.05, 0.1) is 17.6 Å². The van der Waals surface area contributed by atoms with Gasteiger partial charge in [0.25, 0.3) is 0 Å². The molecule has 0 bridgehead atoms. The molecule has 0 radical (unpaired) electrons. The molecule has 1 unspecified atom stereocenters. The summed E-state index contributed by atoms with van der Waals surface area (Å²) >= 11 is 0. The molecule has 1 atom stereocenters. The second-order valence-electron chi connectivity index (χ2n) is 8.59. The van der Waals surface area contributed by atoms with Crippen LogP contribution in [-0.2, 0) is 12.8 Å². The van der Waals surface area contributed by atoms with E-state index < -0.39 is 0 Å². The third kappa shape index (κ3) is 3.44. The third-order valence-electron chi connectivity index (χ3n) is 6.23. The molecule has 2 aliphatic rings. The molecule has 0 aliphatic heterocycles. The van der Waals surface area contributed by atoms with Crippen molar-refractivity contribution in [2.24, 2.45) is 16.6 Å². The monoisotopic (exact) mass is 367 g/mol. The smallest absolute Gasteiger partial charge is 0.0795 e. The van der Waals surface area contributed by atoms with E-state index in [1.54, 1.807) is 0 Å². The van der Waals surface area contributed by atoms with Crippen LogP contribution < -0.4 is 21.7 Å². The lowest BCUT2D eigenvalue weighted by Crippen LogP contribution is -2.45. The summed E-state index contributed by atoms with van der Waals surface area (Å²) in [5.41, 5.74) is 13.6. The summed E-state index contributed by atoms with van der Waals surface area (Å²) in [7, 11) is 3.87. The number of rotatable bonds is 7. The lowest BCUT2D eigenvalue weighted by molar-refractivity contribution is 0.392. The molecule has 3 rings (SSSR count). The Morgan fingerprint density at radius 1 is 1.26 bits per heavy atom. The zero-order chi connectivity index (χ0) is 19.8. The van der Waals surface area contributed by atoms with Crippen LogP contribution >= 0.6 is 0 Å². The first-order valence-electron chi connectivity index (χ1n) is 9.98. The van der Waals surface area contributed by atoms with Crippen LogP contribution in [-0.4, -0.2) is 26.8 Å². The fraction of sp³-hybridized carbons (Fsp3) is 0.591. The molecule has 146 valence electrons. The van der Waals surface area contributed by atoms with Gasteiger partial charge in [-0.25, -0.2) is 0 Å². The minimum absolute atomic E-state index is 0.0664. The SMILES string of the molecule is CCc1ccc2c(c1NCC1(C#N)CC1)CC(C)(C)C(C(N)NC)=C2NC. The van der Waals surface area contributed by atoms with E-state index in [1.165, 1.54) is 28.0 Å². The van der Waals surface area contributed by atoms with Crippen LogP contribution in [0.4, 0.5) is 5.69 Å². The number of nitrogens with one attached hydrogen (secondary N) is 3.